The van der Waals surface area contributed by atoms with Crippen LogP contribution in [0.3, 0.4) is 0 Å². The number of methoxy groups -OCH3 is 1. The monoisotopic (exact) mass is 522 g/mol. The molecule has 2 N–H and O–H groups in total. The van der Waals surface area contributed by atoms with Crippen molar-refractivity contribution in [3.63, 3.8) is 0 Å². The number of carbonyl (C=O) groups is 1. The highest BCUT2D eigenvalue weighted by molar-refractivity contribution is 7.16. The first-order valence-electron chi connectivity index (χ1n) is 12.4. The molecule has 0 spiro atoms. The lowest BCUT2D eigenvalue weighted by Gasteiger charge is -2.30. The van der Waals surface area contributed by atoms with Gasteiger partial charge in [0.2, 0.25) is 17.7 Å². The Hall–Kier alpha value is -3.56. The fourth-order valence-corrected chi connectivity index (χ4v) is 6.60. The van der Waals surface area contributed by atoms with Crippen LogP contribution in [0.15, 0.2) is 16.8 Å². The maximum Gasteiger partial charge on any atom is 0.319 e. The number of nitrogens with two attached hydrogens (primary N) is 1. The first-order valence-corrected chi connectivity index (χ1v) is 13.2. The van der Waals surface area contributed by atoms with Crippen molar-refractivity contribution in [2.75, 3.05) is 43.9 Å². The van der Waals surface area contributed by atoms with Crippen LogP contribution in [0.1, 0.15) is 55.0 Å². The molecule has 3 aromatic rings. The molecule has 1 fully saturated rings. The molecule has 0 radical (unpaired) electrons. The van der Waals surface area contributed by atoms with Gasteiger partial charge in [-0.3, -0.25) is 9.69 Å². The number of nitrogens with zero attached hydrogens (tertiary/aromatic N) is 7. The molecule has 0 aromatic carbocycles. The summed E-state index contributed by atoms with van der Waals surface area (Å²) < 4.78 is 10.6. The van der Waals surface area contributed by atoms with E-state index in [1.54, 1.807) is 12.3 Å². The van der Waals surface area contributed by atoms with Crippen molar-refractivity contribution in [1.82, 2.24) is 25.0 Å². The van der Waals surface area contributed by atoms with Crippen LogP contribution in [0, 0.1) is 11.3 Å². The molecule has 0 unspecified atom stereocenters. The Morgan fingerprint density at radius 2 is 2.22 bits per heavy atom. The number of rotatable bonds is 5. The lowest BCUT2D eigenvalue weighted by molar-refractivity contribution is -0.141. The molecule has 2 atom stereocenters. The summed E-state index contributed by atoms with van der Waals surface area (Å²) in [6.45, 7) is 6.66. The summed E-state index contributed by atoms with van der Waals surface area (Å²) in [6, 6.07) is 4.14. The Morgan fingerprint density at radius 1 is 1.38 bits per heavy atom. The molecular formula is C25H30N8O3S. The molecule has 37 heavy (non-hydrogen) atoms. The number of aromatic nitrogens is 4. The molecule has 1 aliphatic carbocycles. The minimum Gasteiger partial charge on any atom is -0.468 e. The number of ether oxygens (including phenoxy) is 1. The molecule has 1 saturated heterocycles. The van der Waals surface area contributed by atoms with Crippen LogP contribution < -0.4 is 10.6 Å². The fraction of sp³-hybridized carbons (Fsp3) is 0.520. The lowest BCUT2D eigenvalue weighted by Crippen LogP contribution is -2.41. The number of thiophene rings is 1. The van der Waals surface area contributed by atoms with E-state index in [9.17, 15) is 10.1 Å². The van der Waals surface area contributed by atoms with Gasteiger partial charge in [-0.15, -0.1) is 11.3 Å². The highest BCUT2D eigenvalue weighted by atomic mass is 32.1. The number of aryl methyl sites for hydroxylation is 1. The van der Waals surface area contributed by atoms with Crippen LogP contribution in [-0.4, -0.2) is 70.3 Å². The van der Waals surface area contributed by atoms with Gasteiger partial charge in [0.05, 0.1) is 24.6 Å². The van der Waals surface area contributed by atoms with Crippen molar-refractivity contribution in [2.45, 2.75) is 51.0 Å². The summed E-state index contributed by atoms with van der Waals surface area (Å²) in [5.74, 6) is 1.18. The predicted molar refractivity (Wildman–Crippen MR) is 138 cm³/mol. The van der Waals surface area contributed by atoms with E-state index in [0.717, 1.165) is 49.2 Å². The third-order valence-electron chi connectivity index (χ3n) is 7.29. The number of hydrogen-bond donors (Lipinski definition) is 1. The summed E-state index contributed by atoms with van der Waals surface area (Å²) in [7, 11) is 1.41. The van der Waals surface area contributed by atoms with Gasteiger partial charge in [0, 0.05) is 42.3 Å². The molecule has 3 aromatic heterocycles. The van der Waals surface area contributed by atoms with Gasteiger partial charge in [-0.1, -0.05) is 5.16 Å². The van der Waals surface area contributed by atoms with Crippen LogP contribution in [0.4, 0.5) is 10.9 Å². The minimum atomic E-state index is -0.587. The Labute approximate surface area is 219 Å². The van der Waals surface area contributed by atoms with Crippen molar-refractivity contribution in [2.24, 2.45) is 0 Å². The van der Waals surface area contributed by atoms with Crippen molar-refractivity contribution < 1.29 is 14.1 Å². The number of anilines is 2. The van der Waals surface area contributed by atoms with Gasteiger partial charge in [-0.05, 0) is 45.6 Å². The first-order chi connectivity index (χ1) is 17.8. The summed E-state index contributed by atoms with van der Waals surface area (Å²) >= 11 is 1.48. The van der Waals surface area contributed by atoms with Crippen LogP contribution in [0.5, 0.6) is 0 Å². The highest BCUT2D eigenvalue weighted by Crippen LogP contribution is 2.48. The van der Waals surface area contributed by atoms with Gasteiger partial charge in [0.1, 0.15) is 16.8 Å². The van der Waals surface area contributed by atoms with Crippen LogP contribution >= 0.6 is 11.3 Å². The van der Waals surface area contributed by atoms with Gasteiger partial charge in [0.15, 0.2) is 0 Å². The zero-order chi connectivity index (χ0) is 26.2. The van der Waals surface area contributed by atoms with E-state index in [4.69, 9.17) is 25.0 Å². The lowest BCUT2D eigenvalue weighted by atomic mass is 9.72. The van der Waals surface area contributed by atoms with Gasteiger partial charge in [0.25, 0.3) is 0 Å². The van der Waals surface area contributed by atoms with Crippen molar-refractivity contribution in [3.05, 3.63) is 34.2 Å². The normalized spacial score (nSPS) is 22.2. The average molecular weight is 523 g/mol. The largest absolute Gasteiger partial charge is 0.468 e. The zero-order valence-electron chi connectivity index (χ0n) is 21.2. The van der Waals surface area contributed by atoms with E-state index in [1.165, 1.54) is 18.4 Å². The standard InChI is InChI=1S/C25H30N8O3S/c1-15-13-32(14-19(34)35-3)10-5-11-33(15)24-28-9-7-17(29-24)22-30-23(36-31-22)25(2)8-4-6-18-20(25)16(12-26)21(27)37-18/h7,9,15H,4-6,8,10-11,13-14,27H2,1-3H3/t15-,25+/m0/s1. The van der Waals surface area contributed by atoms with E-state index in [1.807, 2.05) is 6.92 Å². The van der Waals surface area contributed by atoms with E-state index >= 15 is 0 Å². The van der Waals surface area contributed by atoms with Gasteiger partial charge >= 0.3 is 5.97 Å². The summed E-state index contributed by atoms with van der Waals surface area (Å²) in [5, 5.41) is 14.5. The molecule has 194 valence electrons. The second-order valence-electron chi connectivity index (χ2n) is 9.81. The van der Waals surface area contributed by atoms with Crippen molar-refractivity contribution >= 4 is 28.3 Å². The second kappa shape index (κ2) is 10.1. The maximum atomic E-state index is 11.7. The Kier molecular flexibility index (Phi) is 6.83. The maximum absolute atomic E-state index is 11.7. The molecule has 1 aliphatic heterocycles. The van der Waals surface area contributed by atoms with Crippen LogP contribution in [0.25, 0.3) is 11.5 Å². The highest BCUT2D eigenvalue weighted by Gasteiger charge is 2.43. The fourth-order valence-electron chi connectivity index (χ4n) is 5.41. The Morgan fingerprint density at radius 3 is 3.00 bits per heavy atom. The first kappa shape index (κ1) is 25.1. The molecule has 4 heterocycles. The summed E-state index contributed by atoms with van der Waals surface area (Å²) in [6.07, 6.45) is 5.19. The molecule has 0 bridgehead atoms. The number of esters is 1. The molecule has 12 heteroatoms. The Balaban J connectivity index is 1.41. The number of nitriles is 1. The number of hydrogen-bond acceptors (Lipinski definition) is 12. The van der Waals surface area contributed by atoms with E-state index in [0.29, 0.717) is 40.5 Å². The molecule has 11 nitrogen and oxygen atoms in total. The SMILES string of the molecule is COC(=O)CN1CCCN(c2nccc(-c3noc([C@]4(C)CCCc5sc(N)c(C#N)c54)n3)n2)[C@@H](C)C1. The number of nitrogen functional groups attached to an aromatic ring is 1. The molecule has 2 aliphatic rings. The van der Waals surface area contributed by atoms with Crippen molar-refractivity contribution in [1.29, 1.82) is 5.26 Å². The van der Waals surface area contributed by atoms with E-state index in [-0.39, 0.29) is 18.6 Å². The minimum absolute atomic E-state index is 0.0938. The van der Waals surface area contributed by atoms with Gasteiger partial charge < -0.3 is 19.9 Å². The molecule has 0 saturated carbocycles. The van der Waals surface area contributed by atoms with Crippen LogP contribution in [0.2, 0.25) is 0 Å². The molecular weight excluding hydrogens is 492 g/mol. The van der Waals surface area contributed by atoms with E-state index < -0.39 is 5.41 Å². The molecule has 0 amide bonds. The number of carbonyl (C=O) groups excluding carboxylic acids is 1. The topological polar surface area (TPSA) is 147 Å². The quantitative estimate of drug-likeness (QED) is 0.493. The zero-order valence-corrected chi connectivity index (χ0v) is 22.0. The third kappa shape index (κ3) is 4.65. The van der Waals surface area contributed by atoms with Gasteiger partial charge in [-0.25, -0.2) is 9.97 Å². The number of fused-ring (bicyclic) bond motifs is 1. The van der Waals surface area contributed by atoms with Crippen molar-refractivity contribution in [3.8, 4) is 17.6 Å². The summed E-state index contributed by atoms with van der Waals surface area (Å²) in [4.78, 5) is 31.1. The Bertz CT molecular complexity index is 1350. The summed E-state index contributed by atoms with van der Waals surface area (Å²) in [5.41, 5.74) is 7.56. The predicted octanol–water partition coefficient (Wildman–Crippen LogP) is 2.76. The van der Waals surface area contributed by atoms with E-state index in [2.05, 4.69) is 32.9 Å². The average Bonchev–Trinajstić information content (AvgIpc) is 3.47. The van der Waals surface area contributed by atoms with Crippen LogP contribution in [-0.2, 0) is 21.4 Å². The third-order valence-corrected chi connectivity index (χ3v) is 8.37. The molecule has 5 rings (SSSR count). The second-order valence-corrected chi connectivity index (χ2v) is 10.9. The van der Waals surface area contributed by atoms with Gasteiger partial charge in [-0.2, -0.15) is 10.2 Å². The smallest absolute Gasteiger partial charge is 0.319 e.